The molecule has 1 aliphatic carbocycles. The van der Waals surface area contributed by atoms with Crippen molar-refractivity contribution in [3.05, 3.63) is 24.3 Å². The number of carbonyl (C=O) groups excluding carboxylic acids is 1. The average Bonchev–Trinajstić information content (AvgIpc) is 3.22. The number of nitrogens with zero attached hydrogens (tertiary/aromatic N) is 1. The Bertz CT molecular complexity index is 611. The highest BCUT2D eigenvalue weighted by atomic mass is 32.2. The first-order chi connectivity index (χ1) is 9.91. The standard InChI is InChI=1S/C14H20N2O4S/c1-20-13-6-4-3-5-12(13)15-14(17)9-10-16(11-7-8-11)21(2,18)19/h3-6,11H,7-10H2,1-2H3,(H,15,17). The van der Waals surface area contributed by atoms with Crippen LogP contribution in [-0.2, 0) is 14.8 Å². The van der Waals surface area contributed by atoms with Crippen LogP contribution in [0.5, 0.6) is 5.75 Å². The van der Waals surface area contributed by atoms with Crippen LogP contribution in [-0.4, -0.2) is 44.6 Å². The molecule has 0 bridgehead atoms. The van der Waals surface area contributed by atoms with E-state index < -0.39 is 10.0 Å². The third kappa shape index (κ3) is 4.44. The van der Waals surface area contributed by atoms with E-state index >= 15 is 0 Å². The molecule has 1 amide bonds. The second-order valence-electron chi connectivity index (χ2n) is 5.10. The Morgan fingerprint density at radius 2 is 2.05 bits per heavy atom. The Balaban J connectivity index is 1.92. The van der Waals surface area contributed by atoms with Crippen molar-refractivity contribution in [3.63, 3.8) is 0 Å². The van der Waals surface area contributed by atoms with Gasteiger partial charge < -0.3 is 10.1 Å². The largest absolute Gasteiger partial charge is 0.495 e. The molecule has 1 saturated carbocycles. The van der Waals surface area contributed by atoms with Crippen LogP contribution in [0.15, 0.2) is 24.3 Å². The minimum atomic E-state index is -3.25. The minimum absolute atomic E-state index is 0.0686. The Morgan fingerprint density at radius 3 is 2.62 bits per heavy atom. The van der Waals surface area contributed by atoms with Gasteiger partial charge >= 0.3 is 0 Å². The van der Waals surface area contributed by atoms with Gasteiger partial charge in [-0.15, -0.1) is 0 Å². The van der Waals surface area contributed by atoms with Gasteiger partial charge in [0.25, 0.3) is 0 Å². The minimum Gasteiger partial charge on any atom is -0.495 e. The summed E-state index contributed by atoms with van der Waals surface area (Å²) in [6, 6.07) is 7.17. The normalized spacial score (nSPS) is 15.0. The number of para-hydroxylation sites is 2. The molecule has 1 N–H and O–H groups in total. The number of anilines is 1. The van der Waals surface area contributed by atoms with Gasteiger partial charge in [0.15, 0.2) is 0 Å². The van der Waals surface area contributed by atoms with Crippen molar-refractivity contribution in [1.82, 2.24) is 4.31 Å². The lowest BCUT2D eigenvalue weighted by Crippen LogP contribution is -2.34. The summed E-state index contributed by atoms with van der Waals surface area (Å²) in [5.41, 5.74) is 0.585. The third-order valence-electron chi connectivity index (χ3n) is 3.32. The summed E-state index contributed by atoms with van der Waals surface area (Å²) in [5.74, 6) is 0.349. The predicted octanol–water partition coefficient (Wildman–Crippen LogP) is 1.45. The second-order valence-corrected chi connectivity index (χ2v) is 7.04. The predicted molar refractivity (Wildman–Crippen MR) is 80.8 cm³/mol. The van der Waals surface area contributed by atoms with Gasteiger partial charge in [0, 0.05) is 19.0 Å². The zero-order valence-corrected chi connectivity index (χ0v) is 13.0. The van der Waals surface area contributed by atoms with Crippen LogP contribution in [0.1, 0.15) is 19.3 Å². The lowest BCUT2D eigenvalue weighted by atomic mass is 10.3. The summed E-state index contributed by atoms with van der Waals surface area (Å²) in [5, 5.41) is 2.74. The van der Waals surface area contributed by atoms with E-state index in [9.17, 15) is 13.2 Å². The molecule has 0 aromatic heterocycles. The van der Waals surface area contributed by atoms with Crippen molar-refractivity contribution >= 4 is 21.6 Å². The molecule has 6 nitrogen and oxygen atoms in total. The molecule has 2 rings (SSSR count). The van der Waals surface area contributed by atoms with E-state index in [0.717, 1.165) is 12.8 Å². The van der Waals surface area contributed by atoms with Gasteiger partial charge in [0.2, 0.25) is 15.9 Å². The quantitative estimate of drug-likeness (QED) is 0.827. The molecule has 0 atom stereocenters. The number of carbonyl (C=O) groups is 1. The average molecular weight is 312 g/mol. The highest BCUT2D eigenvalue weighted by Gasteiger charge is 2.34. The van der Waals surface area contributed by atoms with E-state index in [2.05, 4.69) is 5.32 Å². The lowest BCUT2D eigenvalue weighted by Gasteiger charge is -2.19. The fourth-order valence-corrected chi connectivity index (χ4v) is 3.33. The molecule has 7 heteroatoms. The molecule has 0 saturated heterocycles. The van der Waals surface area contributed by atoms with Gasteiger partial charge in [0.05, 0.1) is 19.1 Å². The van der Waals surface area contributed by atoms with Crippen LogP contribution in [0.2, 0.25) is 0 Å². The first-order valence-corrected chi connectivity index (χ1v) is 8.66. The fraction of sp³-hybridized carbons (Fsp3) is 0.500. The first kappa shape index (κ1) is 15.8. The van der Waals surface area contributed by atoms with Crippen LogP contribution in [0, 0.1) is 0 Å². The number of ether oxygens (including phenoxy) is 1. The molecule has 116 valence electrons. The van der Waals surface area contributed by atoms with Gasteiger partial charge in [-0.1, -0.05) is 12.1 Å². The van der Waals surface area contributed by atoms with Crippen molar-refractivity contribution in [2.24, 2.45) is 0 Å². The number of amides is 1. The molecule has 0 unspecified atom stereocenters. The van der Waals surface area contributed by atoms with Crippen molar-refractivity contribution in [3.8, 4) is 5.75 Å². The van der Waals surface area contributed by atoms with Crippen molar-refractivity contribution in [1.29, 1.82) is 0 Å². The van der Waals surface area contributed by atoms with Crippen molar-refractivity contribution < 1.29 is 17.9 Å². The maximum atomic E-state index is 12.0. The zero-order chi connectivity index (χ0) is 15.5. The van der Waals surface area contributed by atoms with E-state index in [1.165, 1.54) is 17.7 Å². The summed E-state index contributed by atoms with van der Waals surface area (Å²) in [6.45, 7) is 0.213. The number of sulfonamides is 1. The van der Waals surface area contributed by atoms with Gasteiger partial charge in [-0.25, -0.2) is 8.42 Å². The van der Waals surface area contributed by atoms with Crippen LogP contribution in [0.4, 0.5) is 5.69 Å². The van der Waals surface area contributed by atoms with Gasteiger partial charge in [-0.3, -0.25) is 4.79 Å². The summed E-state index contributed by atoms with van der Waals surface area (Å²) in [6.07, 6.45) is 3.06. The summed E-state index contributed by atoms with van der Waals surface area (Å²) in [4.78, 5) is 12.0. The monoisotopic (exact) mass is 312 g/mol. The van der Waals surface area contributed by atoms with Crippen LogP contribution in [0.3, 0.4) is 0 Å². The summed E-state index contributed by atoms with van der Waals surface area (Å²) >= 11 is 0. The van der Waals surface area contributed by atoms with Gasteiger partial charge in [0.1, 0.15) is 5.75 Å². The number of benzene rings is 1. The van der Waals surface area contributed by atoms with E-state index in [1.54, 1.807) is 18.2 Å². The lowest BCUT2D eigenvalue weighted by molar-refractivity contribution is -0.116. The van der Waals surface area contributed by atoms with E-state index in [0.29, 0.717) is 11.4 Å². The summed E-state index contributed by atoms with van der Waals surface area (Å²) in [7, 11) is -1.72. The SMILES string of the molecule is COc1ccccc1NC(=O)CCN(C1CC1)S(C)(=O)=O. The molecule has 0 spiro atoms. The van der Waals surface area contributed by atoms with Crippen LogP contribution < -0.4 is 10.1 Å². The molecule has 1 fully saturated rings. The Labute approximate surface area is 125 Å². The highest BCUT2D eigenvalue weighted by molar-refractivity contribution is 7.88. The number of hydrogen-bond acceptors (Lipinski definition) is 4. The van der Waals surface area contributed by atoms with E-state index in [1.807, 2.05) is 6.07 Å². The molecular weight excluding hydrogens is 292 g/mol. The molecule has 0 heterocycles. The first-order valence-electron chi connectivity index (χ1n) is 6.81. The van der Waals surface area contributed by atoms with Crippen molar-refractivity contribution in [2.75, 3.05) is 25.2 Å². The molecule has 21 heavy (non-hydrogen) atoms. The third-order valence-corrected chi connectivity index (χ3v) is 4.65. The second kappa shape index (κ2) is 6.44. The Hall–Kier alpha value is -1.60. The fourth-order valence-electron chi connectivity index (χ4n) is 2.15. The smallest absolute Gasteiger partial charge is 0.225 e. The molecule has 0 aliphatic heterocycles. The van der Waals surface area contributed by atoms with Crippen molar-refractivity contribution in [2.45, 2.75) is 25.3 Å². The number of methoxy groups -OCH3 is 1. The number of hydrogen-bond donors (Lipinski definition) is 1. The topological polar surface area (TPSA) is 75.7 Å². The summed E-state index contributed by atoms with van der Waals surface area (Å²) < 4.78 is 29.9. The zero-order valence-electron chi connectivity index (χ0n) is 12.2. The Morgan fingerprint density at radius 1 is 1.38 bits per heavy atom. The van der Waals surface area contributed by atoms with E-state index in [-0.39, 0.29) is 24.9 Å². The van der Waals surface area contributed by atoms with Gasteiger partial charge in [-0.2, -0.15) is 4.31 Å². The molecule has 0 radical (unpaired) electrons. The molecular formula is C14H20N2O4S. The van der Waals surface area contributed by atoms with Crippen LogP contribution in [0.25, 0.3) is 0 Å². The number of rotatable bonds is 7. The maximum absolute atomic E-state index is 12.0. The number of nitrogens with one attached hydrogen (secondary N) is 1. The Kier molecular flexibility index (Phi) is 4.84. The molecule has 1 aromatic carbocycles. The van der Waals surface area contributed by atoms with E-state index in [4.69, 9.17) is 4.74 Å². The van der Waals surface area contributed by atoms with Crippen LogP contribution >= 0.6 is 0 Å². The van der Waals surface area contributed by atoms with Gasteiger partial charge in [-0.05, 0) is 25.0 Å². The molecule has 1 aliphatic rings. The highest BCUT2D eigenvalue weighted by Crippen LogP contribution is 2.29. The maximum Gasteiger partial charge on any atom is 0.225 e. The molecule has 1 aromatic rings.